The van der Waals surface area contributed by atoms with Crippen molar-refractivity contribution in [3.63, 3.8) is 0 Å². The number of rotatable bonds is 3. The van der Waals surface area contributed by atoms with Crippen LogP contribution in [0, 0.1) is 18.7 Å². The normalized spacial score (nSPS) is 11.2. The van der Waals surface area contributed by atoms with Gasteiger partial charge in [0, 0.05) is 18.2 Å². The Morgan fingerprint density at radius 1 is 1.04 bits per heavy atom. The van der Waals surface area contributed by atoms with Crippen molar-refractivity contribution in [2.75, 3.05) is 0 Å². The molecule has 0 spiro atoms. The van der Waals surface area contributed by atoms with Crippen LogP contribution in [0.3, 0.4) is 0 Å². The summed E-state index contributed by atoms with van der Waals surface area (Å²) in [4.78, 5) is 8.01. The number of aromatic nitrogens is 2. The Kier molecular flexibility index (Phi) is 4.01. The molecule has 0 aliphatic carbocycles. The number of halogens is 2. The number of pyridine rings is 1. The minimum atomic E-state index is -0.539. The minimum Gasteiger partial charge on any atom is -0.244 e. The van der Waals surface area contributed by atoms with Crippen molar-refractivity contribution in [3.05, 3.63) is 82.6 Å². The molecule has 0 aliphatic heterocycles. The molecule has 0 bridgehead atoms. The SMILES string of the molecule is Cc1cccc(-c2c(F)c(Cc3ccc(F)nc3)cc3scnc23)c1. The first-order valence-electron chi connectivity index (χ1n) is 7.84. The zero-order chi connectivity index (χ0) is 17.4. The molecule has 0 atom stereocenters. The second-order valence-electron chi connectivity index (χ2n) is 5.96. The highest BCUT2D eigenvalue weighted by Gasteiger charge is 2.17. The molecule has 2 aromatic heterocycles. The van der Waals surface area contributed by atoms with E-state index in [2.05, 4.69) is 9.97 Å². The van der Waals surface area contributed by atoms with Crippen molar-refractivity contribution in [2.24, 2.45) is 0 Å². The number of nitrogens with zero attached hydrogens (tertiary/aromatic N) is 2. The van der Waals surface area contributed by atoms with Gasteiger partial charge in [-0.15, -0.1) is 11.3 Å². The highest BCUT2D eigenvalue weighted by atomic mass is 32.1. The average molecular weight is 352 g/mol. The van der Waals surface area contributed by atoms with Crippen molar-refractivity contribution in [3.8, 4) is 11.1 Å². The molecule has 0 saturated carbocycles. The van der Waals surface area contributed by atoms with Crippen LogP contribution in [0.15, 0.2) is 54.2 Å². The molecular formula is C20H14F2N2S. The van der Waals surface area contributed by atoms with Gasteiger partial charge in [-0.05, 0) is 35.7 Å². The first kappa shape index (κ1) is 15.8. The summed E-state index contributed by atoms with van der Waals surface area (Å²) >= 11 is 1.48. The fraction of sp³-hybridized carbons (Fsp3) is 0.100. The van der Waals surface area contributed by atoms with E-state index in [1.807, 2.05) is 37.3 Å². The molecule has 25 heavy (non-hydrogen) atoms. The lowest BCUT2D eigenvalue weighted by Crippen LogP contribution is -1.98. The van der Waals surface area contributed by atoms with Gasteiger partial charge in [0.15, 0.2) is 0 Å². The quantitative estimate of drug-likeness (QED) is 0.453. The van der Waals surface area contributed by atoms with E-state index in [1.165, 1.54) is 23.6 Å². The van der Waals surface area contributed by atoms with Gasteiger partial charge in [0.2, 0.25) is 5.95 Å². The van der Waals surface area contributed by atoms with Gasteiger partial charge in [0.1, 0.15) is 5.82 Å². The number of fused-ring (bicyclic) bond motifs is 1. The zero-order valence-electron chi connectivity index (χ0n) is 13.5. The lowest BCUT2D eigenvalue weighted by Gasteiger charge is -2.11. The maximum absolute atomic E-state index is 15.3. The van der Waals surface area contributed by atoms with Crippen LogP contribution >= 0.6 is 11.3 Å². The number of benzene rings is 2. The van der Waals surface area contributed by atoms with Crippen LogP contribution in [0.25, 0.3) is 21.3 Å². The molecule has 0 aliphatic rings. The standard InChI is InChI=1S/C20H14F2N2S/c1-12-3-2-4-14(7-12)18-19(22)15(9-16-20(18)24-11-25-16)8-13-5-6-17(21)23-10-13/h2-7,9-11H,8H2,1H3. The van der Waals surface area contributed by atoms with E-state index < -0.39 is 5.95 Å². The molecule has 0 fully saturated rings. The van der Waals surface area contributed by atoms with E-state index in [1.54, 1.807) is 11.6 Å². The van der Waals surface area contributed by atoms with Gasteiger partial charge in [-0.25, -0.2) is 14.4 Å². The molecule has 2 heterocycles. The summed E-state index contributed by atoms with van der Waals surface area (Å²) in [6.07, 6.45) is 1.80. The van der Waals surface area contributed by atoms with Gasteiger partial charge in [0.05, 0.1) is 15.7 Å². The van der Waals surface area contributed by atoms with Crippen LogP contribution in [0.1, 0.15) is 16.7 Å². The van der Waals surface area contributed by atoms with E-state index in [9.17, 15) is 4.39 Å². The number of hydrogen-bond donors (Lipinski definition) is 0. The Morgan fingerprint density at radius 2 is 1.92 bits per heavy atom. The summed E-state index contributed by atoms with van der Waals surface area (Å²) < 4.78 is 29.3. The van der Waals surface area contributed by atoms with Crippen molar-refractivity contribution < 1.29 is 8.78 Å². The largest absolute Gasteiger partial charge is 0.244 e. The van der Waals surface area contributed by atoms with Gasteiger partial charge in [0.25, 0.3) is 0 Å². The van der Waals surface area contributed by atoms with E-state index >= 15 is 4.39 Å². The summed E-state index contributed by atoms with van der Waals surface area (Å²) in [6, 6.07) is 12.5. The Hall–Kier alpha value is -2.66. The summed E-state index contributed by atoms with van der Waals surface area (Å²) in [7, 11) is 0. The third kappa shape index (κ3) is 3.03. The summed E-state index contributed by atoms with van der Waals surface area (Å²) in [5.41, 5.74) is 6.12. The molecule has 4 aromatic rings. The van der Waals surface area contributed by atoms with Crippen LogP contribution in [0.4, 0.5) is 8.78 Å². The predicted octanol–water partition coefficient (Wildman–Crippen LogP) is 5.54. The highest BCUT2D eigenvalue weighted by molar-refractivity contribution is 7.16. The number of hydrogen-bond acceptors (Lipinski definition) is 3. The third-order valence-electron chi connectivity index (χ3n) is 4.13. The monoisotopic (exact) mass is 352 g/mol. The fourth-order valence-corrected chi connectivity index (χ4v) is 3.70. The molecule has 2 aromatic carbocycles. The van der Waals surface area contributed by atoms with Gasteiger partial charge < -0.3 is 0 Å². The molecule has 0 amide bonds. The minimum absolute atomic E-state index is 0.284. The lowest BCUT2D eigenvalue weighted by molar-refractivity contribution is 0.582. The third-order valence-corrected chi connectivity index (χ3v) is 4.90. The Morgan fingerprint density at radius 3 is 2.68 bits per heavy atom. The van der Waals surface area contributed by atoms with Gasteiger partial charge in [-0.3, -0.25) is 0 Å². The molecule has 0 N–H and O–H groups in total. The van der Waals surface area contributed by atoms with Crippen molar-refractivity contribution in [2.45, 2.75) is 13.3 Å². The second kappa shape index (κ2) is 6.33. The molecular weight excluding hydrogens is 338 g/mol. The summed E-state index contributed by atoms with van der Waals surface area (Å²) in [5, 5.41) is 0. The van der Waals surface area contributed by atoms with Gasteiger partial charge in [-0.1, -0.05) is 35.9 Å². The maximum Gasteiger partial charge on any atom is 0.212 e. The fourth-order valence-electron chi connectivity index (χ4n) is 2.96. The second-order valence-corrected chi connectivity index (χ2v) is 6.85. The Balaban J connectivity index is 1.88. The van der Waals surface area contributed by atoms with Crippen LogP contribution < -0.4 is 0 Å². The lowest BCUT2D eigenvalue weighted by atomic mass is 9.96. The predicted molar refractivity (Wildman–Crippen MR) is 96.8 cm³/mol. The van der Waals surface area contributed by atoms with Crippen molar-refractivity contribution >= 4 is 21.6 Å². The maximum atomic E-state index is 15.3. The smallest absolute Gasteiger partial charge is 0.212 e. The topological polar surface area (TPSA) is 25.8 Å². The highest BCUT2D eigenvalue weighted by Crippen LogP contribution is 2.35. The van der Waals surface area contributed by atoms with Crippen LogP contribution in [0.2, 0.25) is 0 Å². The molecule has 124 valence electrons. The molecule has 0 radical (unpaired) electrons. The van der Waals surface area contributed by atoms with E-state index in [0.717, 1.165) is 21.4 Å². The van der Waals surface area contributed by atoms with Crippen molar-refractivity contribution in [1.82, 2.24) is 9.97 Å². The molecule has 0 saturated heterocycles. The van der Waals surface area contributed by atoms with Crippen LogP contribution in [-0.2, 0) is 6.42 Å². The first-order valence-corrected chi connectivity index (χ1v) is 8.72. The summed E-state index contributed by atoms with van der Waals surface area (Å²) in [6.45, 7) is 1.98. The van der Waals surface area contributed by atoms with Gasteiger partial charge >= 0.3 is 0 Å². The van der Waals surface area contributed by atoms with Crippen LogP contribution in [-0.4, -0.2) is 9.97 Å². The molecule has 4 rings (SSSR count). The van der Waals surface area contributed by atoms with Crippen molar-refractivity contribution in [1.29, 1.82) is 0 Å². The van der Waals surface area contributed by atoms with E-state index in [0.29, 0.717) is 23.1 Å². The Bertz CT molecular complexity index is 1060. The molecule has 5 heteroatoms. The summed E-state index contributed by atoms with van der Waals surface area (Å²) in [5.74, 6) is -0.823. The Labute approximate surface area is 147 Å². The number of thiazole rings is 1. The first-order chi connectivity index (χ1) is 12.1. The van der Waals surface area contributed by atoms with Crippen LogP contribution in [0.5, 0.6) is 0 Å². The zero-order valence-corrected chi connectivity index (χ0v) is 14.3. The van der Waals surface area contributed by atoms with E-state index in [4.69, 9.17) is 0 Å². The van der Waals surface area contributed by atoms with Gasteiger partial charge in [-0.2, -0.15) is 4.39 Å². The van der Waals surface area contributed by atoms with E-state index in [-0.39, 0.29) is 5.82 Å². The average Bonchev–Trinajstić information content (AvgIpc) is 3.05. The molecule has 2 nitrogen and oxygen atoms in total. The molecule has 0 unspecified atom stereocenters. The number of aryl methyl sites for hydroxylation is 1.